The average molecular weight is 473 g/mol. The zero-order valence-electron chi connectivity index (χ0n) is 14.7. The van der Waals surface area contributed by atoms with Gasteiger partial charge in [0.2, 0.25) is 0 Å². The Kier molecular flexibility index (Phi) is 13.1. The van der Waals surface area contributed by atoms with Crippen LogP contribution < -0.4 is 20.1 Å². The quantitative estimate of drug-likeness (QED) is 0.237. The van der Waals surface area contributed by atoms with Crippen LogP contribution in [-0.2, 0) is 11.3 Å². The van der Waals surface area contributed by atoms with Crippen molar-refractivity contribution in [2.75, 3.05) is 33.9 Å². The minimum absolute atomic E-state index is 0. The number of para-hydroxylation sites is 1. The van der Waals surface area contributed by atoms with Crippen molar-refractivity contribution in [1.29, 1.82) is 0 Å². The number of benzene rings is 1. The fraction of sp³-hybridized carbons (Fsp3) is 0.562. The molecule has 0 heterocycles. The lowest BCUT2D eigenvalue weighted by Crippen LogP contribution is -2.37. The molecule has 0 bridgehead atoms. The van der Waals surface area contributed by atoms with Crippen LogP contribution in [-0.4, -0.2) is 46.5 Å². The van der Waals surface area contributed by atoms with Gasteiger partial charge in [0.1, 0.15) is 0 Å². The van der Waals surface area contributed by atoms with Crippen molar-refractivity contribution >= 4 is 29.9 Å². The molecule has 0 fully saturated rings. The van der Waals surface area contributed by atoms with Crippen LogP contribution in [0.4, 0.5) is 8.78 Å². The van der Waals surface area contributed by atoms with E-state index >= 15 is 0 Å². The molecule has 1 aromatic rings. The number of aliphatic imine (C=N–C) groups is 1. The van der Waals surface area contributed by atoms with E-state index in [-0.39, 0.29) is 36.3 Å². The van der Waals surface area contributed by atoms with E-state index in [2.05, 4.69) is 20.4 Å². The first-order valence-corrected chi connectivity index (χ1v) is 7.75. The van der Waals surface area contributed by atoms with Gasteiger partial charge in [-0.1, -0.05) is 12.1 Å². The fourth-order valence-electron chi connectivity index (χ4n) is 2.02. The number of hydrogen-bond donors (Lipinski definition) is 2. The molecule has 0 saturated heterocycles. The van der Waals surface area contributed by atoms with Crippen molar-refractivity contribution in [2.24, 2.45) is 4.99 Å². The highest BCUT2D eigenvalue weighted by Gasteiger charge is 2.15. The maximum Gasteiger partial charge on any atom is 0.387 e. The molecule has 0 aliphatic rings. The average Bonchev–Trinajstić information content (AvgIpc) is 2.56. The molecule has 1 aromatic carbocycles. The number of rotatable bonds is 10. The third-order valence-electron chi connectivity index (χ3n) is 3.05. The van der Waals surface area contributed by atoms with Crippen molar-refractivity contribution < 1.29 is 23.0 Å². The number of ether oxygens (including phenoxy) is 3. The summed E-state index contributed by atoms with van der Waals surface area (Å²) in [6, 6.07) is 5.03. The van der Waals surface area contributed by atoms with Crippen LogP contribution in [0.15, 0.2) is 23.2 Å². The maximum atomic E-state index is 12.7. The Balaban J connectivity index is 0.00000576. The van der Waals surface area contributed by atoms with Gasteiger partial charge in [-0.3, -0.25) is 4.99 Å². The second-order valence-corrected chi connectivity index (χ2v) is 4.75. The topological polar surface area (TPSA) is 64.1 Å². The van der Waals surface area contributed by atoms with Crippen LogP contribution in [0.25, 0.3) is 0 Å². The third-order valence-corrected chi connectivity index (χ3v) is 3.05. The molecular formula is C16H26F2IN3O3. The van der Waals surface area contributed by atoms with Gasteiger partial charge in [-0.25, -0.2) is 0 Å². The van der Waals surface area contributed by atoms with E-state index in [9.17, 15) is 8.78 Å². The number of alkyl halides is 2. The number of nitrogens with one attached hydrogen (secondary N) is 2. The molecule has 0 amide bonds. The second-order valence-electron chi connectivity index (χ2n) is 4.75. The lowest BCUT2D eigenvalue weighted by molar-refractivity contribution is -0.0520. The predicted molar refractivity (Wildman–Crippen MR) is 104 cm³/mol. The van der Waals surface area contributed by atoms with Gasteiger partial charge in [0.05, 0.1) is 6.61 Å². The molecule has 9 heteroatoms. The molecule has 0 saturated carbocycles. The Morgan fingerprint density at radius 3 is 2.64 bits per heavy atom. The number of hydrogen-bond acceptors (Lipinski definition) is 4. The molecule has 6 nitrogen and oxygen atoms in total. The van der Waals surface area contributed by atoms with Crippen LogP contribution in [0.1, 0.15) is 18.9 Å². The van der Waals surface area contributed by atoms with Crippen molar-refractivity contribution in [3.63, 3.8) is 0 Å². The predicted octanol–water partition coefficient (Wildman–Crippen LogP) is 3.01. The monoisotopic (exact) mass is 473 g/mol. The van der Waals surface area contributed by atoms with Gasteiger partial charge in [0, 0.05) is 39.4 Å². The molecule has 0 aliphatic heterocycles. The Morgan fingerprint density at radius 2 is 2.04 bits per heavy atom. The van der Waals surface area contributed by atoms with E-state index in [4.69, 9.17) is 9.47 Å². The van der Waals surface area contributed by atoms with E-state index in [1.807, 2.05) is 0 Å². The fourth-order valence-corrected chi connectivity index (χ4v) is 2.02. The first-order chi connectivity index (χ1) is 11.6. The third kappa shape index (κ3) is 9.05. The molecule has 0 unspecified atom stereocenters. The van der Waals surface area contributed by atoms with E-state index in [1.165, 1.54) is 0 Å². The molecule has 0 aliphatic carbocycles. The summed E-state index contributed by atoms with van der Waals surface area (Å²) in [5.74, 6) is 0.896. The van der Waals surface area contributed by atoms with Gasteiger partial charge >= 0.3 is 6.61 Å². The summed E-state index contributed by atoms with van der Waals surface area (Å²) in [7, 11) is 3.28. The molecule has 144 valence electrons. The standard InChI is InChI=1S/C16H25F2N3O3.HI/c1-4-23-13-8-5-7-12(14(13)24-15(17)18)11-21-16(19-2)20-9-6-10-22-3;/h5,7-8,15H,4,6,9-11H2,1-3H3,(H2,19,20,21);1H. The highest BCUT2D eigenvalue weighted by Crippen LogP contribution is 2.32. The maximum absolute atomic E-state index is 12.7. The number of guanidine groups is 1. The van der Waals surface area contributed by atoms with Gasteiger partial charge < -0.3 is 24.8 Å². The molecule has 1 rings (SSSR count). The molecule has 25 heavy (non-hydrogen) atoms. The van der Waals surface area contributed by atoms with Crippen molar-refractivity contribution in [1.82, 2.24) is 10.6 Å². The van der Waals surface area contributed by atoms with E-state index in [1.54, 1.807) is 39.3 Å². The van der Waals surface area contributed by atoms with E-state index < -0.39 is 6.61 Å². The van der Waals surface area contributed by atoms with Gasteiger partial charge in [0.15, 0.2) is 17.5 Å². The summed E-state index contributed by atoms with van der Waals surface area (Å²) >= 11 is 0. The first kappa shape index (κ1) is 23.6. The number of methoxy groups -OCH3 is 1. The molecule has 2 N–H and O–H groups in total. The Bertz CT molecular complexity index is 519. The van der Waals surface area contributed by atoms with Gasteiger partial charge in [0.25, 0.3) is 0 Å². The largest absolute Gasteiger partial charge is 0.490 e. The van der Waals surface area contributed by atoms with Crippen LogP contribution >= 0.6 is 24.0 Å². The van der Waals surface area contributed by atoms with Crippen LogP contribution in [0, 0.1) is 0 Å². The minimum Gasteiger partial charge on any atom is -0.490 e. The lowest BCUT2D eigenvalue weighted by atomic mass is 10.2. The van der Waals surface area contributed by atoms with Crippen LogP contribution in [0.5, 0.6) is 11.5 Å². The highest BCUT2D eigenvalue weighted by atomic mass is 127. The summed E-state index contributed by atoms with van der Waals surface area (Å²) in [6.45, 7) is 0.825. The van der Waals surface area contributed by atoms with Crippen LogP contribution in [0.2, 0.25) is 0 Å². The lowest BCUT2D eigenvalue weighted by Gasteiger charge is -2.17. The van der Waals surface area contributed by atoms with Gasteiger partial charge in [-0.2, -0.15) is 8.78 Å². The summed E-state index contributed by atoms with van der Waals surface area (Å²) in [5.41, 5.74) is 0.557. The SMILES string of the molecule is CCOc1cccc(CNC(=NC)NCCCOC)c1OC(F)F.I. The zero-order chi connectivity index (χ0) is 17.8. The normalized spacial score (nSPS) is 11.0. The molecule has 0 atom stereocenters. The molecule has 0 spiro atoms. The highest BCUT2D eigenvalue weighted by molar-refractivity contribution is 14.0. The Labute approximate surface area is 164 Å². The van der Waals surface area contributed by atoms with Crippen molar-refractivity contribution in [3.8, 4) is 11.5 Å². The Morgan fingerprint density at radius 1 is 1.28 bits per heavy atom. The van der Waals surface area contributed by atoms with E-state index in [0.717, 1.165) is 6.42 Å². The summed E-state index contributed by atoms with van der Waals surface area (Å²) < 4.78 is 40.3. The zero-order valence-corrected chi connectivity index (χ0v) is 17.0. The summed E-state index contributed by atoms with van der Waals surface area (Å²) in [4.78, 5) is 4.08. The second kappa shape index (κ2) is 13.9. The first-order valence-electron chi connectivity index (χ1n) is 7.75. The number of halogens is 3. The smallest absolute Gasteiger partial charge is 0.387 e. The Hall–Kier alpha value is -1.36. The molecular weight excluding hydrogens is 447 g/mol. The van der Waals surface area contributed by atoms with Crippen LogP contribution in [0.3, 0.4) is 0 Å². The van der Waals surface area contributed by atoms with Gasteiger partial charge in [-0.05, 0) is 19.4 Å². The number of nitrogens with zero attached hydrogens (tertiary/aromatic N) is 1. The molecule has 0 aromatic heterocycles. The molecule has 0 radical (unpaired) electrons. The van der Waals surface area contributed by atoms with Crippen molar-refractivity contribution in [3.05, 3.63) is 23.8 Å². The minimum atomic E-state index is -2.92. The van der Waals surface area contributed by atoms with E-state index in [0.29, 0.717) is 37.0 Å². The van der Waals surface area contributed by atoms with Gasteiger partial charge in [-0.15, -0.1) is 24.0 Å². The summed E-state index contributed by atoms with van der Waals surface area (Å²) in [5, 5.41) is 6.18. The summed E-state index contributed by atoms with van der Waals surface area (Å²) in [6.07, 6.45) is 0.830. The van der Waals surface area contributed by atoms with Crippen molar-refractivity contribution in [2.45, 2.75) is 26.5 Å².